The van der Waals surface area contributed by atoms with Gasteiger partial charge in [-0.15, -0.1) is 0 Å². The lowest BCUT2D eigenvalue weighted by Crippen LogP contribution is -2.42. The summed E-state index contributed by atoms with van der Waals surface area (Å²) in [7, 11) is 2.13. The first-order valence-electron chi connectivity index (χ1n) is 5.96. The fraction of sp³-hybridized carbons (Fsp3) is 1.00. The quantitative estimate of drug-likeness (QED) is 0.719. The molecule has 2 heterocycles. The molecule has 0 saturated carbocycles. The highest BCUT2D eigenvalue weighted by Crippen LogP contribution is 2.07. The molecular weight excluding hydrogens is 192 g/mol. The summed E-state index contributed by atoms with van der Waals surface area (Å²) in [5.74, 6) is 0. The van der Waals surface area contributed by atoms with Crippen molar-refractivity contribution in [2.45, 2.75) is 25.0 Å². The van der Waals surface area contributed by atoms with Crippen LogP contribution in [0.1, 0.15) is 12.8 Å². The van der Waals surface area contributed by atoms with Gasteiger partial charge >= 0.3 is 0 Å². The van der Waals surface area contributed by atoms with Gasteiger partial charge in [-0.2, -0.15) is 0 Å². The van der Waals surface area contributed by atoms with E-state index in [9.17, 15) is 0 Å². The molecule has 0 radical (unpaired) electrons. The molecule has 0 spiro atoms. The van der Waals surface area contributed by atoms with E-state index in [1.165, 1.54) is 12.8 Å². The molecular formula is C11H22N2O2. The summed E-state index contributed by atoms with van der Waals surface area (Å²) in [6.07, 6.45) is 2.81. The molecule has 0 aliphatic carbocycles. The van der Waals surface area contributed by atoms with Crippen LogP contribution in [-0.2, 0) is 9.47 Å². The lowest BCUT2D eigenvalue weighted by molar-refractivity contribution is -0.0651. The average Bonchev–Trinajstić information content (AvgIpc) is 2.71. The molecule has 0 aromatic heterocycles. The van der Waals surface area contributed by atoms with E-state index < -0.39 is 0 Å². The highest BCUT2D eigenvalue weighted by Gasteiger charge is 2.19. The second-order valence-electron chi connectivity index (χ2n) is 4.59. The summed E-state index contributed by atoms with van der Waals surface area (Å²) < 4.78 is 11.3. The molecule has 2 atom stereocenters. The Hall–Kier alpha value is -0.160. The Bertz CT molecular complexity index is 183. The number of hydrogen-bond donors (Lipinski definition) is 1. The normalized spacial score (nSPS) is 33.4. The summed E-state index contributed by atoms with van der Waals surface area (Å²) in [6.45, 7) is 5.60. The maximum atomic E-state index is 5.69. The first kappa shape index (κ1) is 11.3. The van der Waals surface area contributed by atoms with E-state index in [1.54, 1.807) is 0 Å². The number of nitrogens with zero attached hydrogens (tertiary/aromatic N) is 1. The van der Waals surface area contributed by atoms with Gasteiger partial charge in [0.25, 0.3) is 0 Å². The molecule has 4 nitrogen and oxygen atoms in total. The monoisotopic (exact) mass is 214 g/mol. The zero-order valence-corrected chi connectivity index (χ0v) is 9.58. The van der Waals surface area contributed by atoms with Crippen LogP contribution in [0.2, 0.25) is 0 Å². The van der Waals surface area contributed by atoms with Crippen LogP contribution in [-0.4, -0.2) is 63.5 Å². The molecule has 0 aromatic carbocycles. The lowest BCUT2D eigenvalue weighted by Gasteiger charge is -2.30. The summed E-state index contributed by atoms with van der Waals surface area (Å²) in [5.41, 5.74) is 0. The van der Waals surface area contributed by atoms with Crippen LogP contribution in [0.3, 0.4) is 0 Å². The number of likely N-dealkylation sites (N-methyl/N-ethyl adjacent to an activating group) is 1. The zero-order chi connectivity index (χ0) is 10.5. The van der Waals surface area contributed by atoms with Crippen LogP contribution in [0, 0.1) is 0 Å². The van der Waals surface area contributed by atoms with E-state index in [4.69, 9.17) is 9.47 Å². The van der Waals surface area contributed by atoms with Crippen LogP contribution < -0.4 is 5.32 Å². The second kappa shape index (κ2) is 5.80. The number of ether oxygens (including phenoxy) is 2. The molecule has 0 aromatic rings. The minimum absolute atomic E-state index is 0.269. The van der Waals surface area contributed by atoms with E-state index in [0.29, 0.717) is 6.04 Å². The van der Waals surface area contributed by atoms with Gasteiger partial charge in [-0.05, 0) is 26.4 Å². The van der Waals surface area contributed by atoms with Gasteiger partial charge in [-0.3, -0.25) is 0 Å². The summed E-state index contributed by atoms with van der Waals surface area (Å²) in [6, 6.07) is 0.575. The van der Waals surface area contributed by atoms with Crippen molar-refractivity contribution < 1.29 is 9.47 Å². The van der Waals surface area contributed by atoms with Crippen molar-refractivity contribution in [2.75, 3.05) is 46.5 Å². The topological polar surface area (TPSA) is 33.7 Å². The van der Waals surface area contributed by atoms with Crippen molar-refractivity contribution in [3.8, 4) is 0 Å². The van der Waals surface area contributed by atoms with Gasteiger partial charge in [-0.1, -0.05) is 0 Å². The highest BCUT2D eigenvalue weighted by molar-refractivity contribution is 4.74. The first-order chi connectivity index (χ1) is 7.34. The summed E-state index contributed by atoms with van der Waals surface area (Å²) in [4.78, 5) is 2.30. The van der Waals surface area contributed by atoms with E-state index in [2.05, 4.69) is 17.3 Å². The molecule has 2 aliphatic rings. The van der Waals surface area contributed by atoms with Crippen molar-refractivity contribution in [1.82, 2.24) is 10.2 Å². The van der Waals surface area contributed by atoms with E-state index >= 15 is 0 Å². The summed E-state index contributed by atoms with van der Waals surface area (Å²) >= 11 is 0. The Morgan fingerprint density at radius 3 is 3.13 bits per heavy atom. The highest BCUT2D eigenvalue weighted by atomic mass is 16.5. The average molecular weight is 214 g/mol. The first-order valence-corrected chi connectivity index (χ1v) is 5.96. The largest absolute Gasteiger partial charge is 0.377 e. The molecule has 4 heteroatoms. The van der Waals surface area contributed by atoms with E-state index in [0.717, 1.165) is 39.5 Å². The molecule has 0 bridgehead atoms. The van der Waals surface area contributed by atoms with Crippen molar-refractivity contribution >= 4 is 0 Å². The summed E-state index contributed by atoms with van der Waals surface area (Å²) in [5, 5.41) is 3.43. The van der Waals surface area contributed by atoms with Gasteiger partial charge in [0, 0.05) is 19.1 Å². The molecule has 2 unspecified atom stereocenters. The Morgan fingerprint density at radius 1 is 1.47 bits per heavy atom. The van der Waals surface area contributed by atoms with Gasteiger partial charge in [-0.25, -0.2) is 0 Å². The third-order valence-electron chi connectivity index (χ3n) is 3.13. The van der Waals surface area contributed by atoms with Crippen LogP contribution >= 0.6 is 0 Å². The Kier molecular flexibility index (Phi) is 4.38. The number of nitrogens with one attached hydrogen (secondary N) is 1. The molecule has 1 N–H and O–H groups in total. The lowest BCUT2D eigenvalue weighted by atomic mass is 10.2. The minimum atomic E-state index is 0.269. The van der Waals surface area contributed by atoms with E-state index in [1.807, 2.05) is 0 Å². The zero-order valence-electron chi connectivity index (χ0n) is 9.58. The molecule has 2 aliphatic heterocycles. The maximum Gasteiger partial charge on any atom is 0.0935 e. The van der Waals surface area contributed by atoms with Crippen LogP contribution in [0.5, 0.6) is 0 Å². The maximum absolute atomic E-state index is 5.69. The van der Waals surface area contributed by atoms with Gasteiger partial charge in [0.05, 0.1) is 25.9 Å². The molecule has 15 heavy (non-hydrogen) atoms. The van der Waals surface area contributed by atoms with E-state index in [-0.39, 0.29) is 6.10 Å². The Labute approximate surface area is 91.9 Å². The third-order valence-corrected chi connectivity index (χ3v) is 3.13. The van der Waals surface area contributed by atoms with Crippen molar-refractivity contribution in [2.24, 2.45) is 0 Å². The van der Waals surface area contributed by atoms with Gasteiger partial charge < -0.3 is 19.7 Å². The smallest absolute Gasteiger partial charge is 0.0935 e. The molecule has 2 fully saturated rings. The van der Waals surface area contributed by atoms with Crippen LogP contribution in [0.4, 0.5) is 0 Å². The fourth-order valence-electron chi connectivity index (χ4n) is 2.21. The number of rotatable bonds is 4. The SMILES string of the molecule is CN1CCOC(COCC2CCCN2)C1. The molecule has 88 valence electrons. The predicted molar refractivity (Wildman–Crippen MR) is 59.1 cm³/mol. The second-order valence-corrected chi connectivity index (χ2v) is 4.59. The van der Waals surface area contributed by atoms with Crippen molar-refractivity contribution in [3.05, 3.63) is 0 Å². The number of morpholine rings is 1. The molecule has 0 amide bonds. The van der Waals surface area contributed by atoms with Gasteiger partial charge in [0.2, 0.25) is 0 Å². The predicted octanol–water partition coefficient (Wildman–Crippen LogP) is 0.0856. The van der Waals surface area contributed by atoms with Crippen LogP contribution in [0.15, 0.2) is 0 Å². The van der Waals surface area contributed by atoms with Gasteiger partial charge in [0.1, 0.15) is 0 Å². The number of hydrogen-bond acceptors (Lipinski definition) is 4. The Morgan fingerprint density at radius 2 is 2.40 bits per heavy atom. The third kappa shape index (κ3) is 3.72. The minimum Gasteiger partial charge on any atom is -0.377 e. The van der Waals surface area contributed by atoms with Crippen molar-refractivity contribution in [3.63, 3.8) is 0 Å². The Balaban J connectivity index is 1.56. The molecule has 2 saturated heterocycles. The molecule has 2 rings (SSSR count). The van der Waals surface area contributed by atoms with Crippen LogP contribution in [0.25, 0.3) is 0 Å². The van der Waals surface area contributed by atoms with Gasteiger partial charge in [0.15, 0.2) is 0 Å². The standard InChI is InChI=1S/C11H22N2O2/c1-13-5-6-15-11(7-13)9-14-8-10-3-2-4-12-10/h10-12H,2-9H2,1H3. The van der Waals surface area contributed by atoms with Crippen molar-refractivity contribution in [1.29, 1.82) is 0 Å². The fourth-order valence-corrected chi connectivity index (χ4v) is 2.21.